The number of hydrogen-bond donors (Lipinski definition) is 5. The van der Waals surface area contributed by atoms with Gasteiger partial charge in [-0.2, -0.15) is 0 Å². The first-order valence-electron chi connectivity index (χ1n) is 11.4. The Morgan fingerprint density at radius 3 is 2.43 bits per heavy atom. The minimum Gasteiger partial charge on any atom is -0.486 e. The maximum atomic E-state index is 12.7. The van der Waals surface area contributed by atoms with Crippen molar-refractivity contribution >= 4 is 29.0 Å². The summed E-state index contributed by atoms with van der Waals surface area (Å²) in [5.41, 5.74) is 8.95. The lowest BCUT2D eigenvalue weighted by Gasteiger charge is -2.21. The number of nitrogen functional groups attached to an aromatic ring is 1. The number of nitrogens with two attached hydrogens (primary N) is 1. The number of para-hydroxylation sites is 2. The Bertz CT molecular complexity index is 1180. The van der Waals surface area contributed by atoms with E-state index >= 15 is 0 Å². The fourth-order valence-corrected chi connectivity index (χ4v) is 3.73. The van der Waals surface area contributed by atoms with E-state index in [2.05, 4.69) is 21.3 Å². The van der Waals surface area contributed by atoms with Gasteiger partial charge < -0.3 is 36.5 Å². The molecule has 0 saturated carbocycles. The Morgan fingerprint density at radius 1 is 0.943 bits per heavy atom. The second-order valence-corrected chi connectivity index (χ2v) is 8.07. The van der Waals surface area contributed by atoms with Gasteiger partial charge in [0.05, 0.1) is 17.4 Å². The van der Waals surface area contributed by atoms with Crippen molar-refractivity contribution in [2.75, 3.05) is 43.2 Å². The predicted octanol–water partition coefficient (Wildman–Crippen LogP) is 3.76. The van der Waals surface area contributed by atoms with Gasteiger partial charge in [-0.15, -0.1) is 0 Å². The van der Waals surface area contributed by atoms with Gasteiger partial charge in [0.25, 0.3) is 5.91 Å². The Hall–Kier alpha value is -4.24. The zero-order valence-electron chi connectivity index (χ0n) is 19.5. The molecule has 1 aliphatic heterocycles. The van der Waals surface area contributed by atoms with Crippen LogP contribution in [0.1, 0.15) is 28.4 Å². The fourth-order valence-electron chi connectivity index (χ4n) is 3.73. The molecule has 0 bridgehead atoms. The SMILES string of the molecule is CNCCC(NC(=O)Nc1ccc2c(c1)OCCO2)c1ccc(C(=O)Nc2ccccc2N)cc1. The van der Waals surface area contributed by atoms with Crippen molar-refractivity contribution in [2.24, 2.45) is 0 Å². The molecule has 0 aromatic heterocycles. The summed E-state index contributed by atoms with van der Waals surface area (Å²) < 4.78 is 11.1. The van der Waals surface area contributed by atoms with E-state index in [1.165, 1.54) is 0 Å². The lowest BCUT2D eigenvalue weighted by Crippen LogP contribution is -2.34. The van der Waals surface area contributed by atoms with Crippen LogP contribution in [0, 0.1) is 0 Å². The van der Waals surface area contributed by atoms with E-state index in [9.17, 15) is 9.59 Å². The quantitative estimate of drug-likeness (QED) is 0.316. The molecule has 3 aromatic rings. The number of anilines is 3. The molecule has 0 aliphatic carbocycles. The molecule has 9 heteroatoms. The van der Waals surface area contributed by atoms with Crippen molar-refractivity contribution in [1.29, 1.82) is 0 Å². The Labute approximate surface area is 204 Å². The number of urea groups is 1. The number of carbonyl (C=O) groups is 2. The van der Waals surface area contributed by atoms with Crippen molar-refractivity contribution < 1.29 is 19.1 Å². The van der Waals surface area contributed by atoms with Gasteiger partial charge in [0.1, 0.15) is 13.2 Å². The standard InChI is InChI=1S/C26H29N5O4/c1-28-13-12-21(31-26(33)29-19-10-11-23-24(16-19)35-15-14-34-23)17-6-8-18(9-7-17)25(32)30-22-5-3-2-4-20(22)27/h2-11,16,21,28H,12-15,27H2,1H3,(H,30,32)(H2,29,31,33). The van der Waals surface area contributed by atoms with Crippen LogP contribution in [0.2, 0.25) is 0 Å². The van der Waals surface area contributed by atoms with Crippen LogP contribution in [0.3, 0.4) is 0 Å². The zero-order chi connectivity index (χ0) is 24.6. The average molecular weight is 476 g/mol. The summed E-state index contributed by atoms with van der Waals surface area (Å²) in [5, 5.41) is 11.8. The molecule has 0 fully saturated rings. The minimum atomic E-state index is -0.343. The van der Waals surface area contributed by atoms with Crippen LogP contribution in [-0.2, 0) is 0 Å². The maximum Gasteiger partial charge on any atom is 0.319 e. The molecule has 3 amide bonds. The molecule has 0 spiro atoms. The van der Waals surface area contributed by atoms with Gasteiger partial charge in [-0.1, -0.05) is 24.3 Å². The molecule has 0 radical (unpaired) electrons. The lowest BCUT2D eigenvalue weighted by molar-refractivity contribution is 0.102. The third kappa shape index (κ3) is 6.21. The molecule has 3 aromatic carbocycles. The van der Waals surface area contributed by atoms with Crippen LogP contribution in [0.25, 0.3) is 0 Å². The first-order valence-corrected chi connectivity index (χ1v) is 11.4. The van der Waals surface area contributed by atoms with Crippen LogP contribution in [0.4, 0.5) is 21.9 Å². The largest absolute Gasteiger partial charge is 0.486 e. The molecule has 1 atom stereocenters. The number of rotatable bonds is 8. The molecule has 6 N–H and O–H groups in total. The van der Waals surface area contributed by atoms with Crippen LogP contribution in [0.15, 0.2) is 66.7 Å². The summed E-state index contributed by atoms with van der Waals surface area (Å²) in [6, 6.07) is 18.9. The van der Waals surface area contributed by atoms with Gasteiger partial charge in [-0.25, -0.2) is 4.79 Å². The number of carbonyl (C=O) groups excluding carboxylic acids is 2. The molecular weight excluding hydrogens is 446 g/mol. The topological polar surface area (TPSA) is 127 Å². The van der Waals surface area contributed by atoms with E-state index in [1.54, 1.807) is 42.5 Å². The molecule has 182 valence electrons. The second-order valence-electron chi connectivity index (χ2n) is 8.07. The molecule has 1 unspecified atom stereocenters. The molecule has 4 rings (SSSR count). The van der Waals surface area contributed by atoms with Crippen LogP contribution < -0.4 is 36.5 Å². The minimum absolute atomic E-state index is 0.259. The summed E-state index contributed by atoms with van der Waals surface area (Å²) in [4.78, 5) is 25.4. The Kier molecular flexibility index (Phi) is 7.69. The van der Waals surface area contributed by atoms with Gasteiger partial charge in [0.15, 0.2) is 11.5 Å². The van der Waals surface area contributed by atoms with E-state index < -0.39 is 0 Å². The van der Waals surface area contributed by atoms with E-state index in [0.717, 1.165) is 5.56 Å². The molecule has 9 nitrogen and oxygen atoms in total. The fraction of sp³-hybridized carbons (Fsp3) is 0.231. The van der Waals surface area contributed by atoms with Crippen molar-refractivity contribution in [1.82, 2.24) is 10.6 Å². The highest BCUT2D eigenvalue weighted by atomic mass is 16.6. The van der Waals surface area contributed by atoms with Gasteiger partial charge in [-0.3, -0.25) is 4.79 Å². The molecule has 0 saturated heterocycles. The highest BCUT2D eigenvalue weighted by Crippen LogP contribution is 2.32. The number of amides is 3. The van der Waals surface area contributed by atoms with Crippen molar-refractivity contribution in [3.05, 3.63) is 77.9 Å². The number of hydrogen-bond acceptors (Lipinski definition) is 6. The maximum absolute atomic E-state index is 12.7. The molecule has 35 heavy (non-hydrogen) atoms. The lowest BCUT2D eigenvalue weighted by atomic mass is 10.0. The number of benzene rings is 3. The van der Waals surface area contributed by atoms with Gasteiger partial charge in [0, 0.05) is 17.3 Å². The predicted molar refractivity (Wildman–Crippen MR) is 136 cm³/mol. The van der Waals surface area contributed by atoms with Gasteiger partial charge >= 0.3 is 6.03 Å². The Balaban J connectivity index is 1.41. The van der Waals surface area contributed by atoms with Gasteiger partial charge in [-0.05, 0) is 62.0 Å². The Morgan fingerprint density at radius 2 is 1.69 bits per heavy atom. The van der Waals surface area contributed by atoms with E-state index in [0.29, 0.717) is 60.3 Å². The van der Waals surface area contributed by atoms with Crippen molar-refractivity contribution in [3.63, 3.8) is 0 Å². The van der Waals surface area contributed by atoms with Crippen molar-refractivity contribution in [3.8, 4) is 11.5 Å². The summed E-state index contributed by atoms with van der Waals surface area (Å²) in [7, 11) is 1.86. The first kappa shape index (κ1) is 23.9. The average Bonchev–Trinajstić information content (AvgIpc) is 2.88. The third-order valence-corrected chi connectivity index (χ3v) is 5.57. The summed E-state index contributed by atoms with van der Waals surface area (Å²) in [6.45, 7) is 1.68. The number of fused-ring (bicyclic) bond motifs is 1. The normalized spacial score (nSPS) is 12.9. The molecular formula is C26H29N5O4. The van der Waals surface area contributed by atoms with Crippen molar-refractivity contribution in [2.45, 2.75) is 12.5 Å². The summed E-state index contributed by atoms with van der Waals surface area (Å²) in [6.07, 6.45) is 0.664. The van der Waals surface area contributed by atoms with Crippen LogP contribution in [-0.4, -0.2) is 38.7 Å². The van der Waals surface area contributed by atoms with E-state index in [1.807, 2.05) is 31.3 Å². The summed E-state index contributed by atoms with van der Waals surface area (Å²) in [5.74, 6) is 1.01. The second kappa shape index (κ2) is 11.3. The number of nitrogens with one attached hydrogen (secondary N) is 4. The van der Waals surface area contributed by atoms with E-state index in [-0.39, 0.29) is 18.0 Å². The molecule has 1 heterocycles. The van der Waals surface area contributed by atoms with Crippen LogP contribution >= 0.6 is 0 Å². The third-order valence-electron chi connectivity index (χ3n) is 5.57. The number of ether oxygens (including phenoxy) is 2. The molecule has 1 aliphatic rings. The highest BCUT2D eigenvalue weighted by molar-refractivity contribution is 6.05. The monoisotopic (exact) mass is 475 g/mol. The zero-order valence-corrected chi connectivity index (χ0v) is 19.5. The first-order chi connectivity index (χ1) is 17.0. The van der Waals surface area contributed by atoms with Crippen LogP contribution in [0.5, 0.6) is 11.5 Å². The highest BCUT2D eigenvalue weighted by Gasteiger charge is 2.17. The smallest absolute Gasteiger partial charge is 0.319 e. The summed E-state index contributed by atoms with van der Waals surface area (Å²) >= 11 is 0. The van der Waals surface area contributed by atoms with Gasteiger partial charge in [0.2, 0.25) is 0 Å². The van der Waals surface area contributed by atoms with E-state index in [4.69, 9.17) is 15.2 Å².